The number of hydrogen-bond acceptors (Lipinski definition) is 4. The van der Waals surface area contributed by atoms with E-state index in [0.717, 1.165) is 9.87 Å². The Morgan fingerprint density at radius 1 is 1.45 bits per heavy atom. The summed E-state index contributed by atoms with van der Waals surface area (Å²) >= 11 is 0. The smallest absolute Gasteiger partial charge is 0.304 e. The van der Waals surface area contributed by atoms with Crippen molar-refractivity contribution in [3.8, 4) is 5.75 Å². The third-order valence-corrected chi connectivity index (χ3v) is 4.19. The van der Waals surface area contributed by atoms with Gasteiger partial charge in [0.15, 0.2) is 0 Å². The van der Waals surface area contributed by atoms with Gasteiger partial charge in [0.25, 0.3) is 0 Å². The summed E-state index contributed by atoms with van der Waals surface area (Å²) in [5.74, 6) is -0.389. The van der Waals surface area contributed by atoms with Gasteiger partial charge in [-0.05, 0) is 30.7 Å². The van der Waals surface area contributed by atoms with Crippen LogP contribution in [-0.4, -0.2) is 44.5 Å². The minimum Gasteiger partial charge on any atom is -0.496 e. The number of carboxylic acid groups (broad SMARTS) is 1. The highest BCUT2D eigenvalue weighted by Crippen LogP contribution is 2.22. The first-order chi connectivity index (χ1) is 9.26. The second kappa shape index (κ2) is 6.58. The highest BCUT2D eigenvalue weighted by atomic mass is 32.2. The minimum absolute atomic E-state index is 0.0974. The SMILES string of the molecule is COc1ccc(NS(=O)(=O)N(C)CCC(=O)O)cc1C. The zero-order valence-electron chi connectivity index (χ0n) is 11.6. The molecule has 0 aromatic heterocycles. The first-order valence-corrected chi connectivity index (χ1v) is 7.31. The van der Waals surface area contributed by atoms with Crippen LogP contribution in [0.3, 0.4) is 0 Å². The molecule has 0 aliphatic rings. The van der Waals surface area contributed by atoms with Gasteiger partial charge in [-0.15, -0.1) is 0 Å². The first kappa shape index (κ1) is 16.3. The molecule has 0 amide bonds. The van der Waals surface area contributed by atoms with Crippen LogP contribution in [0.25, 0.3) is 0 Å². The van der Waals surface area contributed by atoms with Crippen LogP contribution in [-0.2, 0) is 15.0 Å². The van der Waals surface area contributed by atoms with Gasteiger partial charge in [-0.2, -0.15) is 12.7 Å². The molecule has 7 nitrogen and oxygen atoms in total. The average molecular weight is 302 g/mol. The van der Waals surface area contributed by atoms with E-state index in [9.17, 15) is 13.2 Å². The zero-order chi connectivity index (χ0) is 15.3. The lowest BCUT2D eigenvalue weighted by molar-refractivity contribution is -0.137. The number of benzene rings is 1. The van der Waals surface area contributed by atoms with E-state index in [0.29, 0.717) is 11.4 Å². The quantitative estimate of drug-likeness (QED) is 0.785. The van der Waals surface area contributed by atoms with Gasteiger partial charge < -0.3 is 9.84 Å². The number of hydrogen-bond donors (Lipinski definition) is 2. The summed E-state index contributed by atoms with van der Waals surface area (Å²) in [6, 6.07) is 4.88. The lowest BCUT2D eigenvalue weighted by Crippen LogP contribution is -2.34. The summed E-state index contributed by atoms with van der Waals surface area (Å²) in [5.41, 5.74) is 1.19. The van der Waals surface area contributed by atoms with Gasteiger partial charge in [-0.1, -0.05) is 0 Å². The minimum atomic E-state index is -3.77. The van der Waals surface area contributed by atoms with E-state index in [1.807, 2.05) is 0 Å². The number of nitrogens with zero attached hydrogens (tertiary/aromatic N) is 1. The number of carbonyl (C=O) groups is 1. The van der Waals surface area contributed by atoms with E-state index in [-0.39, 0.29) is 13.0 Å². The summed E-state index contributed by atoms with van der Waals surface area (Å²) in [6.45, 7) is 1.70. The molecule has 0 heterocycles. The Balaban J connectivity index is 2.80. The molecule has 0 aliphatic heterocycles. The molecule has 2 N–H and O–H groups in total. The maximum atomic E-state index is 12.0. The molecular weight excluding hydrogens is 284 g/mol. The third-order valence-electron chi connectivity index (χ3n) is 2.69. The molecule has 0 unspecified atom stereocenters. The van der Waals surface area contributed by atoms with Gasteiger partial charge in [0, 0.05) is 13.6 Å². The summed E-state index contributed by atoms with van der Waals surface area (Å²) in [7, 11) is -0.911. The maximum absolute atomic E-state index is 12.0. The van der Waals surface area contributed by atoms with Crippen molar-refractivity contribution in [2.45, 2.75) is 13.3 Å². The fourth-order valence-electron chi connectivity index (χ4n) is 1.54. The number of rotatable bonds is 7. The Hall–Kier alpha value is -1.80. The number of methoxy groups -OCH3 is 1. The van der Waals surface area contributed by atoms with E-state index in [1.54, 1.807) is 25.1 Å². The van der Waals surface area contributed by atoms with Gasteiger partial charge in [0.1, 0.15) is 5.75 Å². The van der Waals surface area contributed by atoms with Crippen LogP contribution in [0.1, 0.15) is 12.0 Å². The fourth-order valence-corrected chi connectivity index (χ4v) is 2.45. The third kappa shape index (κ3) is 4.39. The highest BCUT2D eigenvalue weighted by molar-refractivity contribution is 7.90. The molecule has 0 bridgehead atoms. The molecule has 0 fully saturated rings. The summed E-state index contributed by atoms with van der Waals surface area (Å²) < 4.78 is 32.4. The van der Waals surface area contributed by atoms with Crippen molar-refractivity contribution in [1.82, 2.24) is 4.31 Å². The van der Waals surface area contributed by atoms with Crippen LogP contribution in [0.4, 0.5) is 5.69 Å². The maximum Gasteiger partial charge on any atom is 0.304 e. The van der Waals surface area contributed by atoms with Crippen LogP contribution >= 0.6 is 0 Å². The second-order valence-corrected chi connectivity index (χ2v) is 6.03. The monoisotopic (exact) mass is 302 g/mol. The normalized spacial score (nSPS) is 11.4. The van der Waals surface area contributed by atoms with Crippen LogP contribution < -0.4 is 9.46 Å². The summed E-state index contributed by atoms with van der Waals surface area (Å²) in [4.78, 5) is 10.4. The molecule has 0 atom stereocenters. The standard InChI is InChI=1S/C12H18N2O5S/c1-9-8-10(4-5-11(9)19-3)13-20(17,18)14(2)7-6-12(15)16/h4-5,8,13H,6-7H2,1-3H3,(H,15,16). The van der Waals surface area contributed by atoms with Crippen LogP contribution in [0.15, 0.2) is 18.2 Å². The largest absolute Gasteiger partial charge is 0.496 e. The zero-order valence-corrected chi connectivity index (χ0v) is 12.4. The van der Waals surface area contributed by atoms with Crippen LogP contribution in [0.2, 0.25) is 0 Å². The number of aliphatic carboxylic acids is 1. The molecule has 20 heavy (non-hydrogen) atoms. The van der Waals surface area contributed by atoms with Gasteiger partial charge >= 0.3 is 16.2 Å². The van der Waals surface area contributed by atoms with E-state index in [4.69, 9.17) is 9.84 Å². The van der Waals surface area contributed by atoms with Gasteiger partial charge in [0.05, 0.1) is 19.2 Å². The number of anilines is 1. The van der Waals surface area contributed by atoms with Crippen LogP contribution in [0, 0.1) is 6.92 Å². The molecule has 0 saturated heterocycles. The van der Waals surface area contributed by atoms with Gasteiger partial charge in [0.2, 0.25) is 0 Å². The highest BCUT2D eigenvalue weighted by Gasteiger charge is 2.18. The molecule has 0 radical (unpaired) electrons. The van der Waals surface area contributed by atoms with Crippen molar-refractivity contribution in [2.75, 3.05) is 25.4 Å². The molecule has 0 saturated carbocycles. The van der Waals surface area contributed by atoms with Crippen molar-refractivity contribution >= 4 is 21.9 Å². The Labute approximate surface area is 118 Å². The number of carboxylic acids is 1. The number of nitrogens with one attached hydrogen (secondary N) is 1. The van der Waals surface area contributed by atoms with Crippen molar-refractivity contribution in [2.24, 2.45) is 0 Å². The number of aryl methyl sites for hydroxylation is 1. The fraction of sp³-hybridized carbons (Fsp3) is 0.417. The van der Waals surface area contributed by atoms with Crippen molar-refractivity contribution < 1.29 is 23.1 Å². The lowest BCUT2D eigenvalue weighted by atomic mass is 10.2. The Morgan fingerprint density at radius 2 is 2.10 bits per heavy atom. The van der Waals surface area contributed by atoms with E-state index in [1.165, 1.54) is 14.2 Å². The first-order valence-electron chi connectivity index (χ1n) is 5.87. The predicted octanol–water partition coefficient (Wildman–Crippen LogP) is 1.07. The van der Waals surface area contributed by atoms with Gasteiger partial charge in [-0.25, -0.2) is 0 Å². The van der Waals surface area contributed by atoms with Crippen molar-refractivity contribution in [1.29, 1.82) is 0 Å². The van der Waals surface area contributed by atoms with Crippen molar-refractivity contribution in [3.63, 3.8) is 0 Å². The van der Waals surface area contributed by atoms with Gasteiger partial charge in [-0.3, -0.25) is 9.52 Å². The number of ether oxygens (including phenoxy) is 1. The second-order valence-electron chi connectivity index (χ2n) is 4.26. The topological polar surface area (TPSA) is 95.9 Å². The Morgan fingerprint density at radius 3 is 2.60 bits per heavy atom. The summed E-state index contributed by atoms with van der Waals surface area (Å²) in [5, 5.41) is 8.56. The summed E-state index contributed by atoms with van der Waals surface area (Å²) in [6.07, 6.45) is -0.251. The molecular formula is C12H18N2O5S. The molecule has 112 valence electrons. The van der Waals surface area contributed by atoms with E-state index >= 15 is 0 Å². The molecule has 0 spiro atoms. The lowest BCUT2D eigenvalue weighted by Gasteiger charge is -2.18. The molecule has 1 rings (SSSR count). The van der Waals surface area contributed by atoms with Crippen LogP contribution in [0.5, 0.6) is 5.75 Å². The van der Waals surface area contributed by atoms with Crippen molar-refractivity contribution in [3.05, 3.63) is 23.8 Å². The molecule has 8 heteroatoms. The molecule has 0 aliphatic carbocycles. The average Bonchev–Trinajstić information content (AvgIpc) is 2.35. The van der Waals surface area contributed by atoms with E-state index < -0.39 is 16.2 Å². The predicted molar refractivity (Wildman–Crippen MR) is 75.2 cm³/mol. The van der Waals surface area contributed by atoms with E-state index in [2.05, 4.69) is 4.72 Å². The Kier molecular flexibility index (Phi) is 5.34. The molecule has 1 aromatic carbocycles. The molecule has 1 aromatic rings. The Bertz CT molecular complexity index is 586.